The van der Waals surface area contributed by atoms with Crippen LogP contribution in [0.4, 0.5) is 4.39 Å². The highest BCUT2D eigenvalue weighted by atomic mass is 32.2. The van der Waals surface area contributed by atoms with E-state index >= 15 is 0 Å². The zero-order chi connectivity index (χ0) is 18.5. The molecule has 0 atom stereocenters. The molecule has 0 spiro atoms. The fourth-order valence-corrected chi connectivity index (χ4v) is 3.16. The van der Waals surface area contributed by atoms with Crippen LogP contribution < -0.4 is 0 Å². The molecular formula is C19H15FN4O2S. The lowest BCUT2D eigenvalue weighted by atomic mass is 10.2. The van der Waals surface area contributed by atoms with Gasteiger partial charge in [-0.3, -0.25) is 0 Å². The van der Waals surface area contributed by atoms with Crippen LogP contribution in [-0.2, 0) is 6.42 Å². The van der Waals surface area contributed by atoms with Gasteiger partial charge in [-0.25, -0.2) is 4.39 Å². The minimum atomic E-state index is -0.386. The number of aromatic nitrogens is 4. The number of benzene rings is 2. The molecule has 8 heteroatoms. The Kier molecular flexibility index (Phi) is 5.24. The molecule has 0 fully saturated rings. The maximum Gasteiger partial charge on any atom is 0.276 e. The molecule has 2 aromatic heterocycles. The van der Waals surface area contributed by atoms with E-state index in [0.29, 0.717) is 28.9 Å². The molecular weight excluding hydrogens is 367 g/mol. The van der Waals surface area contributed by atoms with Gasteiger partial charge in [0.05, 0.1) is 5.56 Å². The van der Waals surface area contributed by atoms with Crippen molar-refractivity contribution in [3.8, 4) is 22.8 Å². The molecule has 0 radical (unpaired) electrons. The van der Waals surface area contributed by atoms with Crippen LogP contribution in [0.1, 0.15) is 12.3 Å². The number of nitrogens with zero attached hydrogens (tertiary/aromatic N) is 4. The van der Waals surface area contributed by atoms with Crippen LogP contribution in [0.2, 0.25) is 0 Å². The smallest absolute Gasteiger partial charge is 0.276 e. The van der Waals surface area contributed by atoms with Crippen LogP contribution >= 0.6 is 11.8 Å². The molecule has 2 heterocycles. The Labute approximate surface area is 158 Å². The molecule has 0 bridgehead atoms. The van der Waals surface area contributed by atoms with Crippen LogP contribution in [0.5, 0.6) is 0 Å². The lowest BCUT2D eigenvalue weighted by Crippen LogP contribution is -1.88. The maximum atomic E-state index is 13.7. The SMILES string of the molecule is Fc1ccccc1-c1nnc(SCCCc2nc(-c3ccccc3)no2)o1. The fourth-order valence-electron chi connectivity index (χ4n) is 2.46. The van der Waals surface area contributed by atoms with E-state index in [2.05, 4.69) is 20.3 Å². The van der Waals surface area contributed by atoms with Crippen molar-refractivity contribution in [2.75, 3.05) is 5.75 Å². The number of thioether (sulfide) groups is 1. The number of hydrogen-bond donors (Lipinski definition) is 0. The summed E-state index contributed by atoms with van der Waals surface area (Å²) in [5.41, 5.74) is 1.23. The third kappa shape index (κ3) is 4.22. The second-order valence-corrected chi connectivity index (χ2v) is 6.73. The van der Waals surface area contributed by atoms with Crippen LogP contribution in [0, 0.1) is 5.82 Å². The lowest BCUT2D eigenvalue weighted by molar-refractivity contribution is 0.378. The molecule has 0 aliphatic rings. The predicted molar refractivity (Wildman–Crippen MR) is 98.5 cm³/mol. The molecule has 0 aliphatic carbocycles. The summed E-state index contributed by atoms with van der Waals surface area (Å²) in [6, 6.07) is 16.0. The summed E-state index contributed by atoms with van der Waals surface area (Å²) in [6.07, 6.45) is 1.46. The van der Waals surface area contributed by atoms with E-state index < -0.39 is 0 Å². The van der Waals surface area contributed by atoms with Crippen molar-refractivity contribution < 1.29 is 13.3 Å². The van der Waals surface area contributed by atoms with E-state index in [-0.39, 0.29) is 11.7 Å². The molecule has 0 saturated heterocycles. The van der Waals surface area contributed by atoms with Crippen LogP contribution in [0.3, 0.4) is 0 Å². The van der Waals surface area contributed by atoms with Crippen molar-refractivity contribution in [2.45, 2.75) is 18.1 Å². The Morgan fingerprint density at radius 3 is 2.63 bits per heavy atom. The van der Waals surface area contributed by atoms with Gasteiger partial charge in [0.2, 0.25) is 11.7 Å². The number of hydrogen-bond acceptors (Lipinski definition) is 7. The van der Waals surface area contributed by atoms with Gasteiger partial charge in [0.15, 0.2) is 0 Å². The summed E-state index contributed by atoms with van der Waals surface area (Å²) < 4.78 is 24.5. The maximum absolute atomic E-state index is 13.7. The molecule has 0 N–H and O–H groups in total. The highest BCUT2D eigenvalue weighted by Crippen LogP contribution is 2.25. The average molecular weight is 382 g/mol. The van der Waals surface area contributed by atoms with E-state index in [1.807, 2.05) is 30.3 Å². The molecule has 136 valence electrons. The van der Waals surface area contributed by atoms with Crippen molar-refractivity contribution in [3.05, 3.63) is 66.3 Å². The predicted octanol–water partition coefficient (Wildman–Crippen LogP) is 4.65. The summed E-state index contributed by atoms with van der Waals surface area (Å²) in [5, 5.41) is 12.3. The summed E-state index contributed by atoms with van der Waals surface area (Å²) in [5.74, 6) is 1.71. The monoisotopic (exact) mass is 382 g/mol. The van der Waals surface area contributed by atoms with Gasteiger partial charge in [0, 0.05) is 17.7 Å². The topological polar surface area (TPSA) is 77.8 Å². The summed E-state index contributed by atoms with van der Waals surface area (Å²) in [4.78, 5) is 4.40. The highest BCUT2D eigenvalue weighted by molar-refractivity contribution is 7.99. The van der Waals surface area contributed by atoms with E-state index in [9.17, 15) is 4.39 Å². The van der Waals surface area contributed by atoms with Crippen LogP contribution in [-0.4, -0.2) is 26.1 Å². The van der Waals surface area contributed by atoms with Gasteiger partial charge in [-0.2, -0.15) is 4.98 Å². The molecule has 0 amide bonds. The first-order valence-corrected chi connectivity index (χ1v) is 9.37. The Morgan fingerprint density at radius 2 is 1.78 bits per heavy atom. The first-order chi connectivity index (χ1) is 13.3. The second kappa shape index (κ2) is 8.13. The van der Waals surface area contributed by atoms with Crippen molar-refractivity contribution in [2.24, 2.45) is 0 Å². The zero-order valence-corrected chi connectivity index (χ0v) is 15.0. The molecule has 4 rings (SSSR count). The second-order valence-electron chi connectivity index (χ2n) is 5.68. The standard InChI is InChI=1S/C19H15FN4O2S/c20-15-10-5-4-9-14(15)18-22-23-19(25-18)27-12-6-11-16-21-17(24-26-16)13-7-2-1-3-8-13/h1-5,7-10H,6,11-12H2. The summed E-state index contributed by atoms with van der Waals surface area (Å²) in [6.45, 7) is 0. The zero-order valence-electron chi connectivity index (χ0n) is 14.2. The number of rotatable bonds is 7. The largest absolute Gasteiger partial charge is 0.411 e. The van der Waals surface area contributed by atoms with E-state index in [0.717, 1.165) is 17.7 Å². The molecule has 0 unspecified atom stereocenters. The van der Waals surface area contributed by atoms with E-state index in [1.165, 1.54) is 17.8 Å². The van der Waals surface area contributed by atoms with Gasteiger partial charge >= 0.3 is 0 Å². The Bertz CT molecular complexity index is 1020. The third-order valence-electron chi connectivity index (χ3n) is 3.77. The highest BCUT2D eigenvalue weighted by Gasteiger charge is 2.13. The summed E-state index contributed by atoms with van der Waals surface area (Å²) in [7, 11) is 0. The van der Waals surface area contributed by atoms with Crippen molar-refractivity contribution in [1.29, 1.82) is 0 Å². The third-order valence-corrected chi connectivity index (χ3v) is 4.68. The Hall–Kier alpha value is -3.00. The van der Waals surface area contributed by atoms with Crippen molar-refractivity contribution >= 4 is 11.8 Å². The average Bonchev–Trinajstić information content (AvgIpc) is 3.36. The normalized spacial score (nSPS) is 11.0. The molecule has 0 saturated carbocycles. The quantitative estimate of drug-likeness (QED) is 0.340. The molecule has 0 aliphatic heterocycles. The van der Waals surface area contributed by atoms with Gasteiger partial charge in [-0.05, 0) is 18.6 Å². The Morgan fingerprint density at radius 1 is 0.963 bits per heavy atom. The minimum absolute atomic E-state index is 0.181. The van der Waals surface area contributed by atoms with E-state index in [4.69, 9.17) is 8.94 Å². The summed E-state index contributed by atoms with van der Waals surface area (Å²) >= 11 is 1.41. The number of halogens is 1. The fraction of sp³-hybridized carbons (Fsp3) is 0.158. The number of aryl methyl sites for hydroxylation is 1. The molecule has 27 heavy (non-hydrogen) atoms. The van der Waals surface area contributed by atoms with Gasteiger partial charge in [0.1, 0.15) is 5.82 Å². The minimum Gasteiger partial charge on any atom is -0.411 e. The van der Waals surface area contributed by atoms with Gasteiger partial charge in [-0.1, -0.05) is 59.4 Å². The van der Waals surface area contributed by atoms with Crippen LogP contribution in [0.25, 0.3) is 22.8 Å². The molecule has 4 aromatic rings. The first kappa shape index (κ1) is 17.4. The molecule has 6 nitrogen and oxygen atoms in total. The van der Waals surface area contributed by atoms with Gasteiger partial charge < -0.3 is 8.94 Å². The Balaban J connectivity index is 1.29. The molecule has 2 aromatic carbocycles. The van der Waals surface area contributed by atoms with Crippen LogP contribution in [0.15, 0.2) is 68.8 Å². The van der Waals surface area contributed by atoms with E-state index in [1.54, 1.807) is 18.2 Å². The van der Waals surface area contributed by atoms with Crippen molar-refractivity contribution in [1.82, 2.24) is 20.3 Å². The van der Waals surface area contributed by atoms with Gasteiger partial charge in [0.25, 0.3) is 11.1 Å². The lowest BCUT2D eigenvalue weighted by Gasteiger charge is -1.96. The first-order valence-electron chi connectivity index (χ1n) is 8.39. The van der Waals surface area contributed by atoms with Crippen molar-refractivity contribution in [3.63, 3.8) is 0 Å². The van der Waals surface area contributed by atoms with Gasteiger partial charge in [-0.15, -0.1) is 10.2 Å².